The van der Waals surface area contributed by atoms with Gasteiger partial charge >= 0.3 is 0 Å². The lowest BCUT2D eigenvalue weighted by Crippen LogP contribution is -2.41. The molecule has 2 rings (SSSR count). The summed E-state index contributed by atoms with van der Waals surface area (Å²) >= 11 is 0. The van der Waals surface area contributed by atoms with Crippen molar-refractivity contribution in [3.05, 3.63) is 0 Å². The summed E-state index contributed by atoms with van der Waals surface area (Å²) in [6, 6.07) is 0.592. The van der Waals surface area contributed by atoms with Crippen LogP contribution in [0.4, 0.5) is 0 Å². The SMILES string of the molecule is OCCN1CCCO[C@@H]2CCC[C@H]21. The molecule has 1 N–H and O–H groups in total. The Morgan fingerprint density at radius 3 is 3.08 bits per heavy atom. The van der Waals surface area contributed by atoms with E-state index in [1.807, 2.05) is 0 Å². The van der Waals surface area contributed by atoms with Crippen LogP contribution in [0.25, 0.3) is 0 Å². The third-order valence-electron chi connectivity index (χ3n) is 3.20. The fourth-order valence-electron chi connectivity index (χ4n) is 2.59. The van der Waals surface area contributed by atoms with Gasteiger partial charge in [0.25, 0.3) is 0 Å². The first kappa shape index (κ1) is 9.44. The minimum Gasteiger partial charge on any atom is -0.395 e. The summed E-state index contributed by atoms with van der Waals surface area (Å²) in [6.45, 7) is 3.11. The summed E-state index contributed by atoms with van der Waals surface area (Å²) in [4.78, 5) is 2.41. The topological polar surface area (TPSA) is 32.7 Å². The zero-order chi connectivity index (χ0) is 9.10. The van der Waals surface area contributed by atoms with E-state index in [9.17, 15) is 0 Å². The van der Waals surface area contributed by atoms with Gasteiger partial charge in [0, 0.05) is 25.7 Å². The molecule has 0 unspecified atom stereocenters. The molecule has 0 radical (unpaired) electrons. The van der Waals surface area contributed by atoms with Gasteiger partial charge in [0.2, 0.25) is 0 Å². The van der Waals surface area contributed by atoms with Crippen LogP contribution in [-0.4, -0.2) is 48.5 Å². The van der Waals surface area contributed by atoms with E-state index in [1.165, 1.54) is 19.3 Å². The molecule has 2 fully saturated rings. The highest BCUT2D eigenvalue weighted by Gasteiger charge is 2.33. The van der Waals surface area contributed by atoms with Gasteiger partial charge in [-0.2, -0.15) is 0 Å². The number of β-amino-alcohol motifs (C(OH)–C–C–N with tert-alkyl or cyclic N) is 1. The van der Waals surface area contributed by atoms with E-state index >= 15 is 0 Å². The molecular formula is C10H19NO2. The van der Waals surface area contributed by atoms with Crippen molar-refractivity contribution in [1.82, 2.24) is 4.90 Å². The number of fused-ring (bicyclic) bond motifs is 1. The Labute approximate surface area is 79.7 Å². The third-order valence-corrected chi connectivity index (χ3v) is 3.20. The van der Waals surface area contributed by atoms with Gasteiger partial charge in [0.1, 0.15) is 0 Å². The molecule has 0 aromatic carbocycles. The second-order valence-electron chi connectivity index (χ2n) is 4.02. The molecule has 0 aromatic rings. The first-order chi connectivity index (χ1) is 6.42. The number of rotatable bonds is 2. The Balaban J connectivity index is 1.98. The van der Waals surface area contributed by atoms with Crippen LogP contribution in [0.3, 0.4) is 0 Å². The van der Waals surface area contributed by atoms with Crippen LogP contribution in [0.1, 0.15) is 25.7 Å². The average Bonchev–Trinajstić information content (AvgIpc) is 2.52. The van der Waals surface area contributed by atoms with E-state index in [-0.39, 0.29) is 6.61 Å². The Morgan fingerprint density at radius 2 is 2.23 bits per heavy atom. The summed E-state index contributed by atoms with van der Waals surface area (Å²) in [5, 5.41) is 8.95. The molecule has 0 amide bonds. The predicted molar refractivity (Wildman–Crippen MR) is 50.7 cm³/mol. The molecule has 1 saturated heterocycles. The van der Waals surface area contributed by atoms with Gasteiger partial charge in [-0.1, -0.05) is 0 Å². The van der Waals surface area contributed by atoms with E-state index in [1.54, 1.807) is 0 Å². The third kappa shape index (κ3) is 2.03. The lowest BCUT2D eigenvalue weighted by Gasteiger charge is -2.28. The molecule has 76 valence electrons. The van der Waals surface area contributed by atoms with E-state index in [0.717, 1.165) is 26.1 Å². The molecule has 13 heavy (non-hydrogen) atoms. The summed E-state index contributed by atoms with van der Waals surface area (Å²) in [5.41, 5.74) is 0. The normalized spacial score (nSPS) is 35.8. The summed E-state index contributed by atoms with van der Waals surface area (Å²) in [6.07, 6.45) is 5.33. The van der Waals surface area contributed by atoms with Gasteiger partial charge in [-0.15, -0.1) is 0 Å². The quantitative estimate of drug-likeness (QED) is 0.684. The number of ether oxygens (including phenoxy) is 1. The minimum absolute atomic E-state index is 0.281. The molecule has 1 saturated carbocycles. The average molecular weight is 185 g/mol. The zero-order valence-corrected chi connectivity index (χ0v) is 8.11. The standard InChI is InChI=1S/C10H19NO2/c12-7-6-11-5-2-8-13-10-4-1-3-9(10)11/h9-10,12H,1-8H2/t9-,10-/m1/s1. The van der Waals surface area contributed by atoms with Gasteiger partial charge < -0.3 is 9.84 Å². The molecule has 0 spiro atoms. The van der Waals surface area contributed by atoms with Crippen molar-refractivity contribution in [3.63, 3.8) is 0 Å². The molecule has 1 aliphatic heterocycles. The zero-order valence-electron chi connectivity index (χ0n) is 8.11. The molecule has 3 heteroatoms. The van der Waals surface area contributed by atoms with E-state index < -0.39 is 0 Å². The van der Waals surface area contributed by atoms with Crippen LogP contribution < -0.4 is 0 Å². The highest BCUT2D eigenvalue weighted by atomic mass is 16.5. The first-order valence-corrected chi connectivity index (χ1v) is 5.38. The van der Waals surface area contributed by atoms with Crippen LogP contribution in [-0.2, 0) is 4.74 Å². The maximum Gasteiger partial charge on any atom is 0.0730 e. The van der Waals surface area contributed by atoms with Gasteiger partial charge in [0.05, 0.1) is 12.7 Å². The fraction of sp³-hybridized carbons (Fsp3) is 1.00. The second-order valence-corrected chi connectivity index (χ2v) is 4.02. The Morgan fingerprint density at radius 1 is 1.31 bits per heavy atom. The van der Waals surface area contributed by atoms with Crippen LogP contribution in [0.15, 0.2) is 0 Å². The highest BCUT2D eigenvalue weighted by molar-refractivity contribution is 4.87. The first-order valence-electron chi connectivity index (χ1n) is 5.38. The van der Waals surface area contributed by atoms with Gasteiger partial charge in [-0.25, -0.2) is 0 Å². The maximum atomic E-state index is 8.95. The van der Waals surface area contributed by atoms with Crippen LogP contribution in [0.2, 0.25) is 0 Å². The predicted octanol–water partition coefficient (Wildman–Crippen LogP) is 0.622. The molecular weight excluding hydrogens is 166 g/mol. The van der Waals surface area contributed by atoms with Crippen molar-refractivity contribution in [2.45, 2.75) is 37.8 Å². The van der Waals surface area contributed by atoms with Crippen molar-refractivity contribution in [2.24, 2.45) is 0 Å². The Bertz CT molecular complexity index is 163. The van der Waals surface area contributed by atoms with Crippen molar-refractivity contribution >= 4 is 0 Å². The molecule has 1 aliphatic carbocycles. The largest absolute Gasteiger partial charge is 0.395 e. The summed E-state index contributed by atoms with van der Waals surface area (Å²) < 4.78 is 5.78. The minimum atomic E-state index is 0.281. The monoisotopic (exact) mass is 185 g/mol. The summed E-state index contributed by atoms with van der Waals surface area (Å²) in [5.74, 6) is 0. The van der Waals surface area contributed by atoms with Crippen molar-refractivity contribution in [2.75, 3.05) is 26.3 Å². The molecule has 2 atom stereocenters. The lowest BCUT2D eigenvalue weighted by molar-refractivity contribution is 0.0298. The van der Waals surface area contributed by atoms with E-state index in [0.29, 0.717) is 12.1 Å². The number of aliphatic hydroxyl groups is 1. The number of hydrogen-bond acceptors (Lipinski definition) is 3. The Kier molecular flexibility index (Phi) is 3.19. The van der Waals surface area contributed by atoms with Gasteiger partial charge in [-0.05, 0) is 25.7 Å². The highest BCUT2D eigenvalue weighted by Crippen LogP contribution is 2.28. The molecule has 0 aromatic heterocycles. The van der Waals surface area contributed by atoms with Crippen molar-refractivity contribution in [3.8, 4) is 0 Å². The van der Waals surface area contributed by atoms with E-state index in [4.69, 9.17) is 9.84 Å². The molecule has 0 bridgehead atoms. The van der Waals surface area contributed by atoms with Crippen molar-refractivity contribution < 1.29 is 9.84 Å². The van der Waals surface area contributed by atoms with Gasteiger partial charge in [0.15, 0.2) is 0 Å². The summed E-state index contributed by atoms with van der Waals surface area (Å²) in [7, 11) is 0. The van der Waals surface area contributed by atoms with Crippen LogP contribution in [0, 0.1) is 0 Å². The van der Waals surface area contributed by atoms with Gasteiger partial charge in [-0.3, -0.25) is 4.90 Å². The molecule has 3 nitrogen and oxygen atoms in total. The van der Waals surface area contributed by atoms with Crippen molar-refractivity contribution in [1.29, 1.82) is 0 Å². The number of nitrogens with zero attached hydrogens (tertiary/aromatic N) is 1. The second kappa shape index (κ2) is 4.40. The fourth-order valence-corrected chi connectivity index (χ4v) is 2.59. The number of aliphatic hydroxyl groups excluding tert-OH is 1. The van der Waals surface area contributed by atoms with Crippen LogP contribution >= 0.6 is 0 Å². The van der Waals surface area contributed by atoms with E-state index in [2.05, 4.69) is 4.90 Å². The van der Waals surface area contributed by atoms with Crippen LogP contribution in [0.5, 0.6) is 0 Å². The lowest BCUT2D eigenvalue weighted by atomic mass is 10.2. The molecule has 2 aliphatic rings. The maximum absolute atomic E-state index is 8.95. The number of hydrogen-bond donors (Lipinski definition) is 1. The smallest absolute Gasteiger partial charge is 0.0730 e. The Hall–Kier alpha value is -0.120. The molecule has 1 heterocycles.